The van der Waals surface area contributed by atoms with Crippen molar-refractivity contribution in [3.8, 4) is 0 Å². The topological polar surface area (TPSA) is 81.9 Å². The number of rotatable bonds is 6. The van der Waals surface area contributed by atoms with Crippen molar-refractivity contribution >= 4 is 11.6 Å². The Balaban J connectivity index is 1.77. The molecule has 6 heteroatoms. The Morgan fingerprint density at radius 3 is 2.35 bits per heavy atom. The van der Waals surface area contributed by atoms with Crippen molar-refractivity contribution in [3.05, 3.63) is 71.0 Å². The molecule has 0 spiro atoms. The Bertz CT molecular complexity index is 839. The highest BCUT2D eigenvalue weighted by Crippen LogP contribution is 2.21. The van der Waals surface area contributed by atoms with Crippen molar-refractivity contribution in [1.29, 1.82) is 0 Å². The Labute approximate surface area is 153 Å². The first-order chi connectivity index (χ1) is 12.5. The SMILES string of the molecule is Cc1ccc(C[C@@H](C(=O)Nc2ccc(C(C)C)cc2)c2nnn[n-]2)cc1. The van der Waals surface area contributed by atoms with Crippen molar-refractivity contribution in [2.75, 3.05) is 5.32 Å². The molecule has 26 heavy (non-hydrogen) atoms. The van der Waals surface area contributed by atoms with E-state index >= 15 is 0 Å². The van der Waals surface area contributed by atoms with Gasteiger partial charge in [0.2, 0.25) is 5.91 Å². The molecule has 0 saturated carbocycles. The summed E-state index contributed by atoms with van der Waals surface area (Å²) >= 11 is 0. The molecule has 0 unspecified atom stereocenters. The predicted molar refractivity (Wildman–Crippen MR) is 99.9 cm³/mol. The van der Waals surface area contributed by atoms with Crippen molar-refractivity contribution in [3.63, 3.8) is 0 Å². The van der Waals surface area contributed by atoms with Crippen LogP contribution in [0.3, 0.4) is 0 Å². The molecule has 0 saturated heterocycles. The Hall–Kier alpha value is -3.02. The van der Waals surface area contributed by atoms with Gasteiger partial charge in [-0.3, -0.25) is 15.1 Å². The first-order valence-electron chi connectivity index (χ1n) is 8.68. The van der Waals surface area contributed by atoms with E-state index in [1.807, 2.05) is 55.5 Å². The fourth-order valence-electron chi connectivity index (χ4n) is 2.73. The second-order valence-corrected chi connectivity index (χ2v) is 6.75. The van der Waals surface area contributed by atoms with E-state index in [1.54, 1.807) is 0 Å². The van der Waals surface area contributed by atoms with E-state index in [0.717, 1.165) is 11.3 Å². The maximum atomic E-state index is 12.9. The molecule has 134 valence electrons. The molecule has 3 aromatic rings. The maximum absolute atomic E-state index is 12.9. The maximum Gasteiger partial charge on any atom is 0.232 e. The number of benzene rings is 2. The molecule has 0 radical (unpaired) electrons. The van der Waals surface area contributed by atoms with Gasteiger partial charge in [0, 0.05) is 11.5 Å². The van der Waals surface area contributed by atoms with Gasteiger partial charge in [-0.2, -0.15) is 5.21 Å². The summed E-state index contributed by atoms with van der Waals surface area (Å²) in [5.74, 6) is 0.0703. The van der Waals surface area contributed by atoms with Gasteiger partial charge < -0.3 is 10.4 Å². The number of aryl methyl sites for hydroxylation is 1. The van der Waals surface area contributed by atoms with Crippen LogP contribution in [-0.2, 0) is 11.2 Å². The highest BCUT2D eigenvalue weighted by Gasteiger charge is 2.21. The standard InChI is InChI=1S/C20H23N5O/c1-13(2)16-8-10-17(11-9-16)21-20(26)18(19-22-24-25-23-19)12-15-6-4-14(3)5-7-15/h4-11,13,18H,12H2,1-3H3,(H2,21,22,23,24,25,26)/p-1/t18-/m1/s1. The predicted octanol–water partition coefficient (Wildman–Crippen LogP) is 3.23. The number of nitrogens with one attached hydrogen (secondary N) is 1. The van der Waals surface area contributed by atoms with Gasteiger partial charge in [0.05, 0.1) is 5.92 Å². The fraction of sp³-hybridized carbons (Fsp3) is 0.300. The van der Waals surface area contributed by atoms with Gasteiger partial charge in [-0.1, -0.05) is 55.8 Å². The molecule has 1 N–H and O–H groups in total. The number of aromatic nitrogens is 4. The van der Waals surface area contributed by atoms with Crippen molar-refractivity contribution < 1.29 is 4.79 Å². The third-order valence-electron chi connectivity index (χ3n) is 4.37. The summed E-state index contributed by atoms with van der Waals surface area (Å²) < 4.78 is 0. The van der Waals surface area contributed by atoms with E-state index in [-0.39, 0.29) is 5.91 Å². The van der Waals surface area contributed by atoms with Gasteiger partial charge in [-0.15, -0.1) is 0 Å². The van der Waals surface area contributed by atoms with Crippen LogP contribution >= 0.6 is 0 Å². The van der Waals surface area contributed by atoms with E-state index in [9.17, 15) is 4.79 Å². The van der Waals surface area contributed by atoms with Crippen LogP contribution in [0, 0.1) is 6.92 Å². The second kappa shape index (κ2) is 7.91. The lowest BCUT2D eigenvalue weighted by Gasteiger charge is -2.17. The van der Waals surface area contributed by atoms with Crippen LogP contribution in [0.25, 0.3) is 0 Å². The molecular weight excluding hydrogens is 326 g/mol. The normalized spacial score (nSPS) is 12.2. The number of hydrogen-bond acceptors (Lipinski definition) is 4. The third kappa shape index (κ3) is 4.33. The summed E-state index contributed by atoms with van der Waals surface area (Å²) in [6, 6.07) is 16.0. The molecule has 1 atom stereocenters. The molecule has 0 fully saturated rings. The minimum Gasteiger partial charge on any atom is -0.335 e. The summed E-state index contributed by atoms with van der Waals surface area (Å²) in [5.41, 5.74) is 4.19. The highest BCUT2D eigenvalue weighted by molar-refractivity contribution is 5.95. The zero-order valence-corrected chi connectivity index (χ0v) is 15.2. The average molecular weight is 348 g/mol. The van der Waals surface area contributed by atoms with E-state index in [2.05, 4.69) is 39.8 Å². The zero-order chi connectivity index (χ0) is 18.5. The van der Waals surface area contributed by atoms with Crippen LogP contribution in [0.5, 0.6) is 0 Å². The number of nitrogens with zero attached hydrogens (tertiary/aromatic N) is 4. The monoisotopic (exact) mass is 348 g/mol. The van der Waals surface area contributed by atoms with E-state index < -0.39 is 5.92 Å². The molecule has 0 aliphatic carbocycles. The first-order valence-corrected chi connectivity index (χ1v) is 8.68. The van der Waals surface area contributed by atoms with Crippen LogP contribution in [0.1, 0.15) is 48.2 Å². The minimum atomic E-state index is -0.544. The van der Waals surface area contributed by atoms with E-state index in [1.165, 1.54) is 11.1 Å². The van der Waals surface area contributed by atoms with Crippen LogP contribution in [-0.4, -0.2) is 21.4 Å². The Morgan fingerprint density at radius 1 is 1.08 bits per heavy atom. The van der Waals surface area contributed by atoms with Gasteiger partial charge >= 0.3 is 0 Å². The minimum absolute atomic E-state index is 0.169. The molecule has 0 aliphatic rings. The van der Waals surface area contributed by atoms with Crippen molar-refractivity contribution in [2.45, 2.75) is 39.0 Å². The third-order valence-corrected chi connectivity index (χ3v) is 4.37. The molecule has 1 heterocycles. The van der Waals surface area contributed by atoms with E-state index in [0.29, 0.717) is 18.2 Å². The van der Waals surface area contributed by atoms with Crippen molar-refractivity contribution in [1.82, 2.24) is 20.6 Å². The van der Waals surface area contributed by atoms with E-state index in [4.69, 9.17) is 0 Å². The summed E-state index contributed by atoms with van der Waals surface area (Å²) in [5, 5.41) is 17.8. The number of carbonyl (C=O) groups is 1. The van der Waals surface area contributed by atoms with Gasteiger partial charge in [-0.25, -0.2) is 0 Å². The van der Waals surface area contributed by atoms with Gasteiger partial charge in [-0.05, 0) is 42.5 Å². The quantitative estimate of drug-likeness (QED) is 0.739. The zero-order valence-electron chi connectivity index (χ0n) is 15.2. The molecule has 2 aromatic carbocycles. The van der Waals surface area contributed by atoms with Crippen LogP contribution in [0.2, 0.25) is 0 Å². The molecule has 6 nitrogen and oxygen atoms in total. The molecular formula is C20H22N5O-. The molecule has 1 aromatic heterocycles. The first kappa shape index (κ1) is 17.8. The Morgan fingerprint density at radius 2 is 1.77 bits per heavy atom. The lowest BCUT2D eigenvalue weighted by molar-refractivity contribution is -0.117. The number of tetrazole rings is 1. The van der Waals surface area contributed by atoms with Crippen molar-refractivity contribution in [2.24, 2.45) is 0 Å². The summed E-state index contributed by atoms with van der Waals surface area (Å²) in [7, 11) is 0. The van der Waals surface area contributed by atoms with Crippen LogP contribution < -0.4 is 10.4 Å². The Kier molecular flexibility index (Phi) is 5.41. The van der Waals surface area contributed by atoms with Crippen LogP contribution in [0.4, 0.5) is 5.69 Å². The number of anilines is 1. The van der Waals surface area contributed by atoms with Gasteiger partial charge in [0.15, 0.2) is 0 Å². The summed E-state index contributed by atoms with van der Waals surface area (Å²) in [4.78, 5) is 12.9. The fourth-order valence-corrected chi connectivity index (χ4v) is 2.73. The van der Waals surface area contributed by atoms with Crippen LogP contribution in [0.15, 0.2) is 48.5 Å². The number of hydrogen-bond donors (Lipinski definition) is 1. The highest BCUT2D eigenvalue weighted by atomic mass is 16.1. The van der Waals surface area contributed by atoms with Gasteiger partial charge in [0.25, 0.3) is 0 Å². The molecule has 1 amide bonds. The molecule has 0 bridgehead atoms. The summed E-state index contributed by atoms with van der Waals surface area (Å²) in [6.07, 6.45) is 0.490. The second-order valence-electron chi connectivity index (χ2n) is 6.75. The number of carbonyl (C=O) groups excluding carboxylic acids is 1. The number of amides is 1. The molecule has 0 aliphatic heterocycles. The molecule has 3 rings (SSSR count). The average Bonchev–Trinajstić information content (AvgIpc) is 3.16. The summed E-state index contributed by atoms with van der Waals surface area (Å²) in [6.45, 7) is 6.30. The lowest BCUT2D eigenvalue weighted by Crippen LogP contribution is -2.24. The smallest absolute Gasteiger partial charge is 0.232 e. The van der Waals surface area contributed by atoms with Gasteiger partial charge in [0.1, 0.15) is 0 Å². The lowest BCUT2D eigenvalue weighted by atomic mass is 9.97. The largest absolute Gasteiger partial charge is 0.335 e.